The lowest BCUT2D eigenvalue weighted by Gasteiger charge is -2.12. The van der Waals surface area contributed by atoms with Crippen LogP contribution in [0.1, 0.15) is 32.6 Å². The van der Waals surface area contributed by atoms with Gasteiger partial charge in [-0.25, -0.2) is 4.79 Å². The zero-order chi connectivity index (χ0) is 18.6. The molecule has 1 amide bonds. The monoisotopic (exact) mass is 357 g/mol. The topological polar surface area (TPSA) is 66.4 Å². The molecular weight excluding hydrogens is 338 g/mol. The van der Waals surface area contributed by atoms with Crippen LogP contribution < -0.4 is 5.32 Å². The number of amides is 1. The molecule has 0 atom stereocenters. The standard InChI is InChI=1S/C20H20ClNO3/c1-4-5-15-10-16(20(24)25)18(11-17(15)21)22-19(23)9-14-7-12(2)6-13(3)8-14/h4,6-8,10-11H,1,5,9H2,2-3H3,(H,22,23)(H,24,25). The van der Waals surface area contributed by atoms with Crippen molar-refractivity contribution >= 4 is 29.2 Å². The fourth-order valence-corrected chi connectivity index (χ4v) is 3.00. The van der Waals surface area contributed by atoms with Crippen molar-refractivity contribution in [1.29, 1.82) is 0 Å². The van der Waals surface area contributed by atoms with Crippen molar-refractivity contribution in [1.82, 2.24) is 0 Å². The lowest BCUT2D eigenvalue weighted by atomic mass is 10.0. The Kier molecular flexibility index (Phi) is 5.99. The van der Waals surface area contributed by atoms with Gasteiger partial charge in [0.2, 0.25) is 5.91 Å². The smallest absolute Gasteiger partial charge is 0.337 e. The molecule has 0 fully saturated rings. The van der Waals surface area contributed by atoms with Crippen LogP contribution in [-0.4, -0.2) is 17.0 Å². The van der Waals surface area contributed by atoms with E-state index in [-0.39, 0.29) is 23.6 Å². The number of hydrogen-bond acceptors (Lipinski definition) is 2. The Balaban J connectivity index is 2.26. The van der Waals surface area contributed by atoms with E-state index in [1.807, 2.05) is 32.0 Å². The van der Waals surface area contributed by atoms with Gasteiger partial charge in [0.25, 0.3) is 0 Å². The van der Waals surface area contributed by atoms with Crippen molar-refractivity contribution in [2.75, 3.05) is 5.32 Å². The molecule has 4 nitrogen and oxygen atoms in total. The van der Waals surface area contributed by atoms with Gasteiger partial charge in [-0.1, -0.05) is 47.0 Å². The first-order chi connectivity index (χ1) is 11.8. The van der Waals surface area contributed by atoms with Crippen LogP contribution in [0.5, 0.6) is 0 Å². The molecule has 0 saturated heterocycles. The lowest BCUT2D eigenvalue weighted by Crippen LogP contribution is -2.17. The molecule has 25 heavy (non-hydrogen) atoms. The quantitative estimate of drug-likeness (QED) is 0.744. The molecule has 2 N–H and O–H groups in total. The number of benzene rings is 2. The largest absolute Gasteiger partial charge is 0.478 e. The number of hydrogen-bond donors (Lipinski definition) is 2. The molecule has 0 bridgehead atoms. The molecule has 2 rings (SSSR count). The van der Waals surface area contributed by atoms with Crippen molar-refractivity contribution in [2.45, 2.75) is 26.7 Å². The van der Waals surface area contributed by atoms with Gasteiger partial charge in [-0.15, -0.1) is 6.58 Å². The van der Waals surface area contributed by atoms with Crippen LogP contribution in [0.25, 0.3) is 0 Å². The predicted molar refractivity (Wildman–Crippen MR) is 101 cm³/mol. The third-order valence-electron chi connectivity index (χ3n) is 3.70. The van der Waals surface area contributed by atoms with Crippen LogP contribution >= 0.6 is 11.6 Å². The Bertz CT molecular complexity index is 823. The Labute approximate surface area is 152 Å². The minimum Gasteiger partial charge on any atom is -0.478 e. The first kappa shape index (κ1) is 18.7. The molecule has 0 heterocycles. The van der Waals surface area contributed by atoms with Crippen molar-refractivity contribution in [3.63, 3.8) is 0 Å². The minimum absolute atomic E-state index is 0.00928. The third-order valence-corrected chi connectivity index (χ3v) is 4.05. The van der Waals surface area contributed by atoms with Crippen LogP contribution in [0, 0.1) is 13.8 Å². The van der Waals surface area contributed by atoms with Gasteiger partial charge >= 0.3 is 5.97 Å². The molecular formula is C20H20ClNO3. The molecule has 5 heteroatoms. The zero-order valence-corrected chi connectivity index (χ0v) is 15.0. The third kappa shape index (κ3) is 4.94. The number of carboxylic acids is 1. The van der Waals surface area contributed by atoms with E-state index in [2.05, 4.69) is 11.9 Å². The molecule has 0 aliphatic heterocycles. The number of aryl methyl sites for hydroxylation is 2. The van der Waals surface area contributed by atoms with E-state index in [1.165, 1.54) is 12.1 Å². The van der Waals surface area contributed by atoms with Gasteiger partial charge in [-0.3, -0.25) is 4.79 Å². The number of carboxylic acid groups (broad SMARTS) is 1. The first-order valence-corrected chi connectivity index (χ1v) is 8.21. The maximum atomic E-state index is 12.3. The number of halogens is 1. The maximum absolute atomic E-state index is 12.3. The van der Waals surface area contributed by atoms with Crippen molar-refractivity contribution in [3.05, 3.63) is 75.8 Å². The Morgan fingerprint density at radius 3 is 2.36 bits per heavy atom. The highest BCUT2D eigenvalue weighted by Gasteiger charge is 2.16. The van der Waals surface area contributed by atoms with E-state index >= 15 is 0 Å². The normalized spacial score (nSPS) is 10.4. The van der Waals surface area contributed by atoms with E-state index < -0.39 is 5.97 Å². The Hall–Kier alpha value is -2.59. The fourth-order valence-electron chi connectivity index (χ4n) is 2.76. The van der Waals surface area contributed by atoms with E-state index in [4.69, 9.17) is 11.6 Å². The molecule has 0 spiro atoms. The number of aromatic carboxylic acids is 1. The average molecular weight is 358 g/mol. The number of nitrogens with one attached hydrogen (secondary N) is 1. The summed E-state index contributed by atoms with van der Waals surface area (Å²) in [7, 11) is 0. The second-order valence-corrected chi connectivity index (χ2v) is 6.42. The number of allylic oxidation sites excluding steroid dienone is 1. The van der Waals surface area contributed by atoms with Crippen LogP contribution in [0.15, 0.2) is 43.0 Å². The summed E-state index contributed by atoms with van der Waals surface area (Å²) in [5.74, 6) is -1.41. The summed E-state index contributed by atoms with van der Waals surface area (Å²) in [6.07, 6.45) is 2.26. The highest BCUT2D eigenvalue weighted by Crippen LogP contribution is 2.26. The van der Waals surface area contributed by atoms with Gasteiger partial charge in [0, 0.05) is 5.02 Å². The molecule has 0 radical (unpaired) electrons. The predicted octanol–water partition coefficient (Wildman–Crippen LogP) is 4.56. The molecule has 0 aliphatic rings. The van der Waals surface area contributed by atoms with Crippen LogP contribution in [0.4, 0.5) is 5.69 Å². The van der Waals surface area contributed by atoms with Gasteiger partial charge in [0.1, 0.15) is 0 Å². The number of rotatable bonds is 6. The second-order valence-electron chi connectivity index (χ2n) is 6.01. The molecule has 0 aliphatic carbocycles. The maximum Gasteiger partial charge on any atom is 0.337 e. The molecule has 130 valence electrons. The summed E-state index contributed by atoms with van der Waals surface area (Å²) in [4.78, 5) is 23.8. The summed E-state index contributed by atoms with van der Waals surface area (Å²) in [5, 5.41) is 12.5. The number of carbonyl (C=O) groups excluding carboxylic acids is 1. The van der Waals surface area contributed by atoms with E-state index in [0.717, 1.165) is 16.7 Å². The molecule has 2 aromatic rings. The van der Waals surface area contributed by atoms with Crippen LogP contribution in [0.2, 0.25) is 5.02 Å². The van der Waals surface area contributed by atoms with E-state index in [9.17, 15) is 14.7 Å². The van der Waals surface area contributed by atoms with Gasteiger partial charge in [-0.05, 0) is 43.5 Å². The number of carbonyl (C=O) groups is 2. The molecule has 0 unspecified atom stereocenters. The summed E-state index contributed by atoms with van der Waals surface area (Å²) in [6.45, 7) is 7.56. The van der Waals surface area contributed by atoms with Crippen molar-refractivity contribution in [3.8, 4) is 0 Å². The summed E-state index contributed by atoms with van der Waals surface area (Å²) in [6, 6.07) is 8.85. The Morgan fingerprint density at radius 1 is 1.16 bits per heavy atom. The SMILES string of the molecule is C=CCc1cc(C(=O)O)c(NC(=O)Cc2cc(C)cc(C)c2)cc1Cl. The molecule has 2 aromatic carbocycles. The fraction of sp³-hybridized carbons (Fsp3) is 0.200. The van der Waals surface area contributed by atoms with Gasteiger partial charge in [-0.2, -0.15) is 0 Å². The highest BCUT2D eigenvalue weighted by atomic mass is 35.5. The lowest BCUT2D eigenvalue weighted by molar-refractivity contribution is -0.115. The van der Waals surface area contributed by atoms with Crippen molar-refractivity contribution < 1.29 is 14.7 Å². The Morgan fingerprint density at radius 2 is 1.80 bits per heavy atom. The highest BCUT2D eigenvalue weighted by molar-refractivity contribution is 6.32. The van der Waals surface area contributed by atoms with E-state index in [1.54, 1.807) is 6.08 Å². The summed E-state index contributed by atoms with van der Waals surface area (Å²) < 4.78 is 0. The summed E-state index contributed by atoms with van der Waals surface area (Å²) >= 11 is 6.18. The van der Waals surface area contributed by atoms with Crippen LogP contribution in [-0.2, 0) is 17.6 Å². The number of anilines is 1. The van der Waals surface area contributed by atoms with E-state index in [0.29, 0.717) is 17.0 Å². The van der Waals surface area contributed by atoms with Gasteiger partial charge < -0.3 is 10.4 Å². The van der Waals surface area contributed by atoms with Crippen LogP contribution in [0.3, 0.4) is 0 Å². The van der Waals surface area contributed by atoms with Gasteiger partial charge in [0.05, 0.1) is 17.7 Å². The molecule has 0 aromatic heterocycles. The van der Waals surface area contributed by atoms with Crippen molar-refractivity contribution in [2.24, 2.45) is 0 Å². The van der Waals surface area contributed by atoms with Gasteiger partial charge in [0.15, 0.2) is 0 Å². The molecule has 0 saturated carbocycles. The first-order valence-electron chi connectivity index (χ1n) is 7.83. The average Bonchev–Trinajstić information content (AvgIpc) is 2.48. The zero-order valence-electron chi connectivity index (χ0n) is 14.2. The minimum atomic E-state index is -1.12. The summed E-state index contributed by atoms with van der Waals surface area (Å²) in [5.41, 5.74) is 3.88. The second kappa shape index (κ2) is 7.99.